The summed E-state index contributed by atoms with van der Waals surface area (Å²) in [5.74, 6) is 0. The minimum Gasteiger partial charge on any atom is -0.391 e. The van der Waals surface area contributed by atoms with Gasteiger partial charge in [0.2, 0.25) is 0 Å². The quantitative estimate of drug-likeness (QED) is 0.883. The van der Waals surface area contributed by atoms with Crippen molar-refractivity contribution in [1.29, 1.82) is 0 Å². The van der Waals surface area contributed by atoms with E-state index in [4.69, 9.17) is 0 Å². The highest BCUT2D eigenvalue weighted by Crippen LogP contribution is 2.23. The lowest BCUT2D eigenvalue weighted by atomic mass is 10.1. The van der Waals surface area contributed by atoms with Crippen LogP contribution in [0.25, 0.3) is 11.0 Å². The first kappa shape index (κ1) is 12.1. The summed E-state index contributed by atoms with van der Waals surface area (Å²) in [6.45, 7) is 8.23. The summed E-state index contributed by atoms with van der Waals surface area (Å²) in [7, 11) is 0. The van der Waals surface area contributed by atoms with E-state index in [0.717, 1.165) is 17.5 Å². The van der Waals surface area contributed by atoms with E-state index in [1.165, 1.54) is 11.1 Å². The van der Waals surface area contributed by atoms with Crippen LogP contribution in [0.1, 0.15) is 37.4 Å². The van der Waals surface area contributed by atoms with Crippen molar-refractivity contribution in [3.05, 3.63) is 29.6 Å². The Morgan fingerprint density at radius 3 is 2.59 bits per heavy atom. The first-order valence-electron chi connectivity index (χ1n) is 6.16. The smallest absolute Gasteiger partial charge is 0.0961 e. The van der Waals surface area contributed by atoms with E-state index in [0.29, 0.717) is 0 Å². The molecule has 0 saturated carbocycles. The lowest BCUT2D eigenvalue weighted by molar-refractivity contribution is 0.118. The maximum Gasteiger partial charge on any atom is 0.0961 e. The van der Waals surface area contributed by atoms with Gasteiger partial charge in [-0.15, -0.1) is 0 Å². The molecule has 0 radical (unpaired) electrons. The number of fused-ring (bicyclic) bond motifs is 1. The van der Waals surface area contributed by atoms with Crippen molar-refractivity contribution in [2.75, 3.05) is 0 Å². The number of aryl methyl sites for hydroxylation is 2. The Balaban J connectivity index is 2.52. The average Bonchev–Trinajstić information content (AvgIpc) is 2.70. The molecule has 1 aromatic carbocycles. The molecule has 0 fully saturated rings. The van der Waals surface area contributed by atoms with Crippen LogP contribution in [0.15, 0.2) is 18.5 Å². The van der Waals surface area contributed by atoms with Crippen LogP contribution in [-0.4, -0.2) is 20.8 Å². The van der Waals surface area contributed by atoms with Crippen molar-refractivity contribution in [2.45, 2.75) is 46.3 Å². The second-order valence-electron chi connectivity index (χ2n) is 4.79. The van der Waals surface area contributed by atoms with E-state index in [1.807, 2.05) is 20.2 Å². The van der Waals surface area contributed by atoms with Crippen molar-refractivity contribution in [3.63, 3.8) is 0 Å². The van der Waals surface area contributed by atoms with Crippen molar-refractivity contribution in [2.24, 2.45) is 0 Å². The standard InChI is InChI=1S/C14H20N2O/c1-5-14(17)11(4)16-8-15-12-6-9(2)10(3)7-13(12)16/h6-8,11,14,17H,5H2,1-4H3. The van der Waals surface area contributed by atoms with Crippen LogP contribution < -0.4 is 0 Å². The highest BCUT2D eigenvalue weighted by Gasteiger charge is 2.16. The molecule has 1 aromatic heterocycles. The van der Waals surface area contributed by atoms with Gasteiger partial charge in [-0.1, -0.05) is 6.92 Å². The third-order valence-electron chi connectivity index (χ3n) is 3.60. The average molecular weight is 232 g/mol. The predicted octanol–water partition coefficient (Wildman–Crippen LogP) is 2.99. The van der Waals surface area contributed by atoms with Crippen molar-refractivity contribution >= 4 is 11.0 Å². The summed E-state index contributed by atoms with van der Waals surface area (Å²) in [4.78, 5) is 4.41. The van der Waals surface area contributed by atoms with Crippen LogP contribution in [0, 0.1) is 13.8 Å². The Hall–Kier alpha value is -1.35. The molecule has 92 valence electrons. The van der Waals surface area contributed by atoms with E-state index >= 15 is 0 Å². The summed E-state index contributed by atoms with van der Waals surface area (Å²) < 4.78 is 2.07. The molecule has 2 unspecified atom stereocenters. The molecule has 0 aliphatic rings. The van der Waals surface area contributed by atoms with Gasteiger partial charge in [-0.3, -0.25) is 0 Å². The van der Waals surface area contributed by atoms with Gasteiger partial charge in [0.1, 0.15) is 0 Å². The Morgan fingerprint density at radius 1 is 1.29 bits per heavy atom. The molecular weight excluding hydrogens is 212 g/mol. The highest BCUT2D eigenvalue weighted by molar-refractivity contribution is 5.77. The van der Waals surface area contributed by atoms with Crippen LogP contribution in [0.2, 0.25) is 0 Å². The number of rotatable bonds is 3. The van der Waals surface area contributed by atoms with Crippen LogP contribution >= 0.6 is 0 Å². The van der Waals surface area contributed by atoms with Gasteiger partial charge in [0.25, 0.3) is 0 Å². The molecule has 0 spiro atoms. The van der Waals surface area contributed by atoms with Crippen LogP contribution in [-0.2, 0) is 0 Å². The number of hydrogen-bond donors (Lipinski definition) is 1. The summed E-state index contributed by atoms with van der Waals surface area (Å²) >= 11 is 0. The van der Waals surface area contributed by atoms with Gasteiger partial charge in [0.05, 0.1) is 29.5 Å². The minimum absolute atomic E-state index is 0.0621. The second kappa shape index (κ2) is 4.49. The lowest BCUT2D eigenvalue weighted by Gasteiger charge is -2.19. The first-order valence-corrected chi connectivity index (χ1v) is 6.16. The van der Waals surface area contributed by atoms with Crippen LogP contribution in [0.4, 0.5) is 0 Å². The fourth-order valence-corrected chi connectivity index (χ4v) is 2.13. The normalized spacial score (nSPS) is 15.1. The molecule has 2 rings (SSSR count). The van der Waals surface area contributed by atoms with E-state index < -0.39 is 0 Å². The molecule has 0 bridgehead atoms. The maximum absolute atomic E-state index is 9.93. The van der Waals surface area contributed by atoms with Crippen molar-refractivity contribution < 1.29 is 5.11 Å². The zero-order chi connectivity index (χ0) is 12.6. The molecule has 1 heterocycles. The van der Waals surface area contributed by atoms with E-state index in [1.54, 1.807) is 0 Å². The number of aromatic nitrogens is 2. The first-order chi connectivity index (χ1) is 8.04. The monoisotopic (exact) mass is 232 g/mol. The van der Waals surface area contributed by atoms with Crippen LogP contribution in [0.5, 0.6) is 0 Å². The van der Waals surface area contributed by atoms with Crippen molar-refractivity contribution in [1.82, 2.24) is 9.55 Å². The molecule has 0 amide bonds. The van der Waals surface area contributed by atoms with E-state index in [2.05, 4.69) is 35.5 Å². The van der Waals surface area contributed by atoms with Gasteiger partial charge < -0.3 is 9.67 Å². The van der Waals surface area contributed by atoms with Gasteiger partial charge in [0, 0.05) is 0 Å². The third-order valence-corrected chi connectivity index (χ3v) is 3.60. The Bertz CT molecular complexity index is 530. The third kappa shape index (κ3) is 2.07. The molecule has 0 aliphatic heterocycles. The van der Waals surface area contributed by atoms with Gasteiger partial charge in [-0.05, 0) is 50.5 Å². The predicted molar refractivity (Wildman–Crippen MR) is 70.2 cm³/mol. The zero-order valence-electron chi connectivity index (χ0n) is 10.9. The minimum atomic E-state index is -0.325. The number of aliphatic hydroxyl groups is 1. The number of imidazole rings is 1. The SMILES string of the molecule is CCC(O)C(C)n1cnc2cc(C)c(C)cc21. The zero-order valence-corrected chi connectivity index (χ0v) is 10.9. The molecule has 2 atom stereocenters. The molecule has 0 aliphatic carbocycles. The number of aliphatic hydroxyl groups excluding tert-OH is 1. The molecule has 2 aromatic rings. The Labute approximate surface area is 102 Å². The highest BCUT2D eigenvalue weighted by atomic mass is 16.3. The fourth-order valence-electron chi connectivity index (χ4n) is 2.13. The molecule has 17 heavy (non-hydrogen) atoms. The van der Waals surface area contributed by atoms with Gasteiger partial charge >= 0.3 is 0 Å². The molecular formula is C14H20N2O. The summed E-state index contributed by atoms with van der Waals surface area (Å²) in [5.41, 5.74) is 4.63. The van der Waals surface area contributed by atoms with Crippen molar-refractivity contribution in [3.8, 4) is 0 Å². The Kier molecular flexibility index (Phi) is 3.20. The largest absolute Gasteiger partial charge is 0.391 e. The molecule has 1 N–H and O–H groups in total. The van der Waals surface area contributed by atoms with Crippen LogP contribution in [0.3, 0.4) is 0 Å². The lowest BCUT2D eigenvalue weighted by Crippen LogP contribution is -2.20. The van der Waals surface area contributed by atoms with E-state index in [-0.39, 0.29) is 12.1 Å². The number of hydrogen-bond acceptors (Lipinski definition) is 2. The summed E-state index contributed by atoms with van der Waals surface area (Å²) in [5, 5.41) is 9.93. The number of benzene rings is 1. The maximum atomic E-state index is 9.93. The van der Waals surface area contributed by atoms with E-state index in [9.17, 15) is 5.11 Å². The molecule has 0 saturated heterocycles. The fraction of sp³-hybridized carbons (Fsp3) is 0.500. The Morgan fingerprint density at radius 2 is 1.94 bits per heavy atom. The van der Waals surface area contributed by atoms with Gasteiger partial charge in [-0.2, -0.15) is 0 Å². The van der Waals surface area contributed by atoms with Gasteiger partial charge in [-0.25, -0.2) is 4.98 Å². The summed E-state index contributed by atoms with van der Waals surface area (Å²) in [6, 6.07) is 4.31. The number of nitrogens with zero attached hydrogens (tertiary/aromatic N) is 2. The van der Waals surface area contributed by atoms with Gasteiger partial charge in [0.15, 0.2) is 0 Å². The molecule has 3 nitrogen and oxygen atoms in total. The topological polar surface area (TPSA) is 38.0 Å². The molecule has 3 heteroatoms. The summed E-state index contributed by atoms with van der Waals surface area (Å²) in [6.07, 6.45) is 2.26. The second-order valence-corrected chi connectivity index (χ2v) is 4.79.